The standard InChI is InChI=1S/C9H10F2O/c10-8-3-1-7(2-4-8)5-9(11)6-12/h1-4,9,12H,5-6H2/t9-/m1/s1. The van der Waals surface area contributed by atoms with Crippen LogP contribution in [0.25, 0.3) is 0 Å². The molecule has 0 saturated heterocycles. The van der Waals surface area contributed by atoms with Crippen molar-refractivity contribution in [3.05, 3.63) is 35.6 Å². The summed E-state index contributed by atoms with van der Waals surface area (Å²) in [6.07, 6.45) is -1.12. The van der Waals surface area contributed by atoms with E-state index in [0.29, 0.717) is 5.56 Å². The highest BCUT2D eigenvalue weighted by atomic mass is 19.1. The van der Waals surface area contributed by atoms with Crippen LogP contribution in [0.2, 0.25) is 0 Å². The first-order chi connectivity index (χ1) is 5.72. The van der Waals surface area contributed by atoms with Crippen molar-refractivity contribution in [2.75, 3.05) is 6.61 Å². The summed E-state index contributed by atoms with van der Waals surface area (Å²) in [7, 11) is 0. The van der Waals surface area contributed by atoms with Gasteiger partial charge in [-0.05, 0) is 17.7 Å². The minimum Gasteiger partial charge on any atom is -0.393 e. The van der Waals surface area contributed by atoms with Crippen LogP contribution in [-0.2, 0) is 6.42 Å². The molecule has 0 bridgehead atoms. The van der Waals surface area contributed by atoms with Crippen molar-refractivity contribution >= 4 is 0 Å². The van der Waals surface area contributed by atoms with E-state index in [-0.39, 0.29) is 12.2 Å². The Bertz CT molecular complexity index is 233. The second-order valence-electron chi connectivity index (χ2n) is 2.61. The van der Waals surface area contributed by atoms with Crippen molar-refractivity contribution in [3.8, 4) is 0 Å². The molecule has 1 atom stereocenters. The molecule has 1 N–H and O–H groups in total. The molecule has 3 heteroatoms. The highest BCUT2D eigenvalue weighted by Crippen LogP contribution is 2.07. The number of halogens is 2. The lowest BCUT2D eigenvalue weighted by molar-refractivity contribution is 0.177. The smallest absolute Gasteiger partial charge is 0.127 e. The Labute approximate surface area is 69.7 Å². The summed E-state index contributed by atoms with van der Waals surface area (Å²) >= 11 is 0. The van der Waals surface area contributed by atoms with E-state index < -0.39 is 12.8 Å². The van der Waals surface area contributed by atoms with Gasteiger partial charge in [0, 0.05) is 6.42 Å². The number of aliphatic hydroxyl groups is 1. The van der Waals surface area contributed by atoms with Gasteiger partial charge in [-0.15, -0.1) is 0 Å². The fourth-order valence-corrected chi connectivity index (χ4v) is 0.941. The summed E-state index contributed by atoms with van der Waals surface area (Å²) in [5.41, 5.74) is 0.693. The van der Waals surface area contributed by atoms with Crippen molar-refractivity contribution in [1.29, 1.82) is 0 Å². The topological polar surface area (TPSA) is 20.2 Å². The Hall–Kier alpha value is -0.960. The molecule has 0 unspecified atom stereocenters. The number of rotatable bonds is 3. The monoisotopic (exact) mass is 172 g/mol. The minimum atomic E-state index is -1.25. The van der Waals surface area contributed by atoms with E-state index in [9.17, 15) is 8.78 Å². The molecule has 1 aromatic carbocycles. The summed E-state index contributed by atoms with van der Waals surface area (Å²) < 4.78 is 24.9. The normalized spacial score (nSPS) is 12.9. The number of alkyl halides is 1. The largest absolute Gasteiger partial charge is 0.393 e. The highest BCUT2D eigenvalue weighted by molar-refractivity contribution is 5.16. The Balaban J connectivity index is 2.58. The van der Waals surface area contributed by atoms with Gasteiger partial charge in [-0.3, -0.25) is 0 Å². The molecular formula is C9H10F2O. The van der Waals surface area contributed by atoms with Crippen LogP contribution in [0.5, 0.6) is 0 Å². The van der Waals surface area contributed by atoms with Crippen molar-refractivity contribution in [3.63, 3.8) is 0 Å². The molecule has 0 radical (unpaired) electrons. The van der Waals surface area contributed by atoms with Gasteiger partial charge < -0.3 is 5.11 Å². The van der Waals surface area contributed by atoms with Crippen molar-refractivity contribution in [2.24, 2.45) is 0 Å². The third-order valence-corrected chi connectivity index (χ3v) is 1.57. The lowest BCUT2D eigenvalue weighted by Crippen LogP contribution is -2.09. The molecule has 0 fully saturated rings. The Morgan fingerprint density at radius 2 is 1.83 bits per heavy atom. The highest BCUT2D eigenvalue weighted by Gasteiger charge is 2.05. The zero-order valence-corrected chi connectivity index (χ0v) is 6.50. The molecule has 1 nitrogen and oxygen atoms in total. The summed E-state index contributed by atoms with van der Waals surface area (Å²) in [5.74, 6) is -0.335. The van der Waals surface area contributed by atoms with Gasteiger partial charge in [-0.25, -0.2) is 8.78 Å². The SMILES string of the molecule is OC[C@H](F)Cc1ccc(F)cc1. The van der Waals surface area contributed by atoms with E-state index in [1.165, 1.54) is 24.3 Å². The Morgan fingerprint density at radius 3 is 2.33 bits per heavy atom. The first-order valence-electron chi connectivity index (χ1n) is 3.71. The molecule has 0 aliphatic carbocycles. The molecule has 0 spiro atoms. The zero-order chi connectivity index (χ0) is 8.97. The van der Waals surface area contributed by atoms with Crippen LogP contribution < -0.4 is 0 Å². The second kappa shape index (κ2) is 4.16. The van der Waals surface area contributed by atoms with Gasteiger partial charge in [0.25, 0.3) is 0 Å². The van der Waals surface area contributed by atoms with Crippen molar-refractivity contribution in [1.82, 2.24) is 0 Å². The number of hydrogen-bond acceptors (Lipinski definition) is 1. The summed E-state index contributed by atoms with van der Waals surface area (Å²) in [5, 5.41) is 8.40. The van der Waals surface area contributed by atoms with E-state index >= 15 is 0 Å². The van der Waals surface area contributed by atoms with Crippen LogP contribution in [-0.4, -0.2) is 17.9 Å². The van der Waals surface area contributed by atoms with Gasteiger partial charge in [0.05, 0.1) is 6.61 Å². The summed E-state index contributed by atoms with van der Waals surface area (Å²) in [6.45, 7) is -0.489. The average Bonchev–Trinajstić information content (AvgIpc) is 2.09. The maximum absolute atomic E-state index is 12.6. The second-order valence-corrected chi connectivity index (χ2v) is 2.61. The van der Waals surface area contributed by atoms with Crippen molar-refractivity contribution in [2.45, 2.75) is 12.6 Å². The van der Waals surface area contributed by atoms with E-state index in [1.54, 1.807) is 0 Å². The number of aliphatic hydroxyl groups excluding tert-OH is 1. The Morgan fingerprint density at radius 1 is 1.25 bits per heavy atom. The molecule has 1 aromatic rings. The third kappa shape index (κ3) is 2.58. The molecule has 66 valence electrons. The molecule has 0 aliphatic heterocycles. The average molecular weight is 172 g/mol. The van der Waals surface area contributed by atoms with Gasteiger partial charge in [0.15, 0.2) is 0 Å². The van der Waals surface area contributed by atoms with Gasteiger partial charge >= 0.3 is 0 Å². The molecule has 0 aliphatic rings. The quantitative estimate of drug-likeness (QED) is 0.735. The number of benzene rings is 1. The third-order valence-electron chi connectivity index (χ3n) is 1.57. The number of hydrogen-bond donors (Lipinski definition) is 1. The zero-order valence-electron chi connectivity index (χ0n) is 6.50. The summed E-state index contributed by atoms with van der Waals surface area (Å²) in [4.78, 5) is 0. The lowest BCUT2D eigenvalue weighted by atomic mass is 10.1. The van der Waals surface area contributed by atoms with Crippen LogP contribution >= 0.6 is 0 Å². The van der Waals surface area contributed by atoms with Crippen LogP contribution in [0.1, 0.15) is 5.56 Å². The molecule has 0 saturated carbocycles. The van der Waals surface area contributed by atoms with E-state index in [4.69, 9.17) is 5.11 Å². The van der Waals surface area contributed by atoms with Crippen LogP contribution in [0, 0.1) is 5.82 Å². The Kier molecular flexibility index (Phi) is 3.17. The van der Waals surface area contributed by atoms with Crippen LogP contribution in [0.3, 0.4) is 0 Å². The van der Waals surface area contributed by atoms with Crippen molar-refractivity contribution < 1.29 is 13.9 Å². The van der Waals surface area contributed by atoms with Crippen LogP contribution in [0.4, 0.5) is 8.78 Å². The van der Waals surface area contributed by atoms with E-state index in [1.807, 2.05) is 0 Å². The predicted molar refractivity (Wildman–Crippen MR) is 42.1 cm³/mol. The van der Waals surface area contributed by atoms with Gasteiger partial charge in [-0.2, -0.15) is 0 Å². The first-order valence-corrected chi connectivity index (χ1v) is 3.71. The summed E-state index contributed by atoms with van der Waals surface area (Å²) in [6, 6.07) is 5.58. The molecule has 1 rings (SSSR count). The molecule has 12 heavy (non-hydrogen) atoms. The molecule has 0 aromatic heterocycles. The maximum atomic E-state index is 12.6. The first kappa shape index (κ1) is 9.13. The van der Waals surface area contributed by atoms with Gasteiger partial charge in [0.2, 0.25) is 0 Å². The predicted octanol–water partition coefficient (Wildman–Crippen LogP) is 1.70. The van der Waals surface area contributed by atoms with E-state index in [2.05, 4.69) is 0 Å². The molecular weight excluding hydrogens is 162 g/mol. The lowest BCUT2D eigenvalue weighted by Gasteiger charge is -2.03. The molecule has 0 amide bonds. The fourth-order valence-electron chi connectivity index (χ4n) is 0.941. The van der Waals surface area contributed by atoms with Crippen LogP contribution in [0.15, 0.2) is 24.3 Å². The van der Waals surface area contributed by atoms with Gasteiger partial charge in [0.1, 0.15) is 12.0 Å². The fraction of sp³-hybridized carbons (Fsp3) is 0.333. The molecule has 0 heterocycles. The van der Waals surface area contributed by atoms with Gasteiger partial charge in [-0.1, -0.05) is 12.1 Å². The van der Waals surface area contributed by atoms with E-state index in [0.717, 1.165) is 0 Å². The maximum Gasteiger partial charge on any atom is 0.127 e. The minimum absolute atomic E-state index is 0.136.